The van der Waals surface area contributed by atoms with Gasteiger partial charge in [-0.15, -0.1) is 0 Å². The van der Waals surface area contributed by atoms with Gasteiger partial charge in [0.2, 0.25) is 0 Å². The zero-order chi connectivity index (χ0) is 14.0. The summed E-state index contributed by atoms with van der Waals surface area (Å²) in [6, 6.07) is 5.06. The second-order valence-electron chi connectivity index (χ2n) is 4.40. The number of methoxy groups -OCH3 is 1. The normalized spacial score (nSPS) is 18.4. The van der Waals surface area contributed by atoms with Gasteiger partial charge in [-0.2, -0.15) is 0 Å². The number of hydrogen-bond donors (Lipinski definition) is 1. The number of nitrogens with two attached hydrogens (primary N) is 1. The molecule has 19 heavy (non-hydrogen) atoms. The summed E-state index contributed by atoms with van der Waals surface area (Å²) in [5.74, 6) is -0.235. The van der Waals surface area contributed by atoms with E-state index in [1.54, 1.807) is 12.1 Å². The zero-order valence-electron chi connectivity index (χ0n) is 10.6. The summed E-state index contributed by atoms with van der Waals surface area (Å²) in [7, 11) is 1.40. The Balaban J connectivity index is 2.40. The smallest absolute Gasteiger partial charge is 0.328 e. The molecule has 0 radical (unpaired) electrons. The number of esters is 1. The standard InChI is InChI=1S/C13H15ClN2O2S/c1-18-13(17)11-3-2-6-16(11)10-5-4-8(14)7-9(10)12(15)19/h4-5,7,11H,2-3,6H2,1H3,(H2,15,19). The average molecular weight is 299 g/mol. The number of anilines is 1. The van der Waals surface area contributed by atoms with Crippen LogP contribution in [0.1, 0.15) is 18.4 Å². The molecular weight excluding hydrogens is 284 g/mol. The zero-order valence-corrected chi connectivity index (χ0v) is 12.1. The van der Waals surface area contributed by atoms with Gasteiger partial charge in [-0.3, -0.25) is 0 Å². The summed E-state index contributed by atoms with van der Waals surface area (Å²) in [4.78, 5) is 14.0. The molecular formula is C13H15ClN2O2S. The van der Waals surface area contributed by atoms with E-state index >= 15 is 0 Å². The molecule has 1 fully saturated rings. The first-order valence-corrected chi connectivity index (χ1v) is 6.77. The first kappa shape index (κ1) is 14.1. The Bertz CT molecular complexity index is 521. The van der Waals surface area contributed by atoms with E-state index < -0.39 is 0 Å². The molecule has 1 aliphatic rings. The van der Waals surface area contributed by atoms with Gasteiger partial charge in [0, 0.05) is 22.8 Å². The van der Waals surface area contributed by atoms with Crippen molar-refractivity contribution in [3.63, 3.8) is 0 Å². The SMILES string of the molecule is COC(=O)C1CCCN1c1ccc(Cl)cc1C(N)=S. The summed E-state index contributed by atoms with van der Waals surface area (Å²) in [5.41, 5.74) is 7.27. The number of rotatable bonds is 3. The number of benzene rings is 1. The Morgan fingerprint density at radius 3 is 2.95 bits per heavy atom. The quantitative estimate of drug-likeness (QED) is 0.684. The van der Waals surface area contributed by atoms with Gasteiger partial charge in [0.15, 0.2) is 0 Å². The van der Waals surface area contributed by atoms with Crippen molar-refractivity contribution >= 4 is 40.5 Å². The maximum atomic E-state index is 11.8. The molecule has 0 aromatic heterocycles. The third kappa shape index (κ3) is 2.82. The van der Waals surface area contributed by atoms with E-state index in [1.807, 2.05) is 11.0 Å². The molecule has 2 N–H and O–H groups in total. The Morgan fingerprint density at radius 2 is 2.32 bits per heavy atom. The maximum absolute atomic E-state index is 11.8. The summed E-state index contributed by atoms with van der Waals surface area (Å²) >= 11 is 11.0. The lowest BCUT2D eigenvalue weighted by molar-refractivity contribution is -0.141. The third-order valence-electron chi connectivity index (χ3n) is 3.26. The van der Waals surface area contributed by atoms with Crippen molar-refractivity contribution in [2.45, 2.75) is 18.9 Å². The fourth-order valence-electron chi connectivity index (χ4n) is 2.39. The summed E-state index contributed by atoms with van der Waals surface area (Å²) < 4.78 is 4.84. The number of thiocarbonyl (C=S) groups is 1. The molecule has 1 heterocycles. The third-order valence-corrected chi connectivity index (χ3v) is 3.71. The Morgan fingerprint density at radius 1 is 1.58 bits per heavy atom. The molecule has 6 heteroatoms. The highest BCUT2D eigenvalue weighted by molar-refractivity contribution is 7.80. The molecule has 1 atom stereocenters. The van der Waals surface area contributed by atoms with Crippen molar-refractivity contribution in [1.29, 1.82) is 0 Å². The van der Waals surface area contributed by atoms with Crippen LogP contribution in [-0.2, 0) is 9.53 Å². The molecule has 0 amide bonds. The highest BCUT2D eigenvalue weighted by Gasteiger charge is 2.33. The molecule has 1 unspecified atom stereocenters. The van der Waals surface area contributed by atoms with E-state index in [1.165, 1.54) is 7.11 Å². The van der Waals surface area contributed by atoms with Gasteiger partial charge in [-0.25, -0.2) is 4.79 Å². The van der Waals surface area contributed by atoms with Crippen molar-refractivity contribution in [2.75, 3.05) is 18.6 Å². The fraction of sp³-hybridized carbons (Fsp3) is 0.385. The second kappa shape index (κ2) is 5.75. The number of nitrogens with zero attached hydrogens (tertiary/aromatic N) is 1. The monoisotopic (exact) mass is 298 g/mol. The lowest BCUT2D eigenvalue weighted by atomic mass is 10.1. The number of ether oxygens (including phenoxy) is 1. The van der Waals surface area contributed by atoms with Crippen LogP contribution in [0.3, 0.4) is 0 Å². The molecule has 1 aromatic rings. The highest BCUT2D eigenvalue weighted by Crippen LogP contribution is 2.31. The summed E-state index contributed by atoms with van der Waals surface area (Å²) in [6.07, 6.45) is 1.70. The van der Waals surface area contributed by atoms with Crippen molar-refractivity contribution in [2.24, 2.45) is 5.73 Å². The minimum Gasteiger partial charge on any atom is -0.467 e. The molecule has 1 aromatic carbocycles. The number of carbonyl (C=O) groups excluding carboxylic acids is 1. The van der Waals surface area contributed by atoms with E-state index in [0.717, 1.165) is 25.1 Å². The van der Waals surface area contributed by atoms with Crippen LogP contribution in [0.2, 0.25) is 5.02 Å². The summed E-state index contributed by atoms with van der Waals surface area (Å²) in [6.45, 7) is 0.775. The minimum atomic E-state index is -0.278. The van der Waals surface area contributed by atoms with Crippen LogP contribution in [0, 0.1) is 0 Å². The van der Waals surface area contributed by atoms with Crippen molar-refractivity contribution < 1.29 is 9.53 Å². The maximum Gasteiger partial charge on any atom is 0.328 e. The second-order valence-corrected chi connectivity index (χ2v) is 5.28. The molecule has 1 saturated heterocycles. The van der Waals surface area contributed by atoms with Gasteiger partial charge in [0.05, 0.1) is 7.11 Å². The molecule has 1 aliphatic heterocycles. The van der Waals surface area contributed by atoms with Crippen LogP contribution in [-0.4, -0.2) is 30.7 Å². The van der Waals surface area contributed by atoms with E-state index in [0.29, 0.717) is 10.6 Å². The number of carbonyl (C=O) groups is 1. The fourth-order valence-corrected chi connectivity index (χ4v) is 2.73. The van der Waals surface area contributed by atoms with Crippen molar-refractivity contribution in [1.82, 2.24) is 0 Å². The van der Waals surface area contributed by atoms with Crippen LogP contribution >= 0.6 is 23.8 Å². The Kier molecular flexibility index (Phi) is 4.27. The van der Waals surface area contributed by atoms with Crippen molar-refractivity contribution in [3.05, 3.63) is 28.8 Å². The van der Waals surface area contributed by atoms with Gasteiger partial charge in [0.1, 0.15) is 11.0 Å². The molecule has 0 saturated carbocycles. The largest absolute Gasteiger partial charge is 0.467 e. The van der Waals surface area contributed by atoms with Gasteiger partial charge in [-0.1, -0.05) is 23.8 Å². The number of hydrogen-bond acceptors (Lipinski definition) is 4. The molecule has 4 nitrogen and oxygen atoms in total. The van der Waals surface area contributed by atoms with Crippen LogP contribution in [0.4, 0.5) is 5.69 Å². The van der Waals surface area contributed by atoms with Crippen molar-refractivity contribution in [3.8, 4) is 0 Å². The van der Waals surface area contributed by atoms with Gasteiger partial charge >= 0.3 is 5.97 Å². The van der Waals surface area contributed by atoms with Gasteiger partial charge < -0.3 is 15.4 Å². The average Bonchev–Trinajstić information content (AvgIpc) is 2.86. The molecule has 102 valence electrons. The highest BCUT2D eigenvalue weighted by atomic mass is 35.5. The minimum absolute atomic E-state index is 0.235. The predicted octanol–water partition coefficient (Wildman–Crippen LogP) is 2.12. The molecule has 0 bridgehead atoms. The van der Waals surface area contributed by atoms with Crippen LogP contribution in [0.5, 0.6) is 0 Å². The number of halogens is 1. The molecule has 0 aliphatic carbocycles. The topological polar surface area (TPSA) is 55.6 Å². The van der Waals surface area contributed by atoms with E-state index in [9.17, 15) is 4.79 Å². The van der Waals surface area contributed by atoms with Gasteiger partial charge in [0.25, 0.3) is 0 Å². The predicted molar refractivity (Wildman–Crippen MR) is 79.7 cm³/mol. The van der Waals surface area contributed by atoms with Crippen LogP contribution in [0.15, 0.2) is 18.2 Å². The van der Waals surface area contributed by atoms with Crippen LogP contribution in [0.25, 0.3) is 0 Å². The lowest BCUT2D eigenvalue weighted by Gasteiger charge is -2.27. The summed E-state index contributed by atoms with van der Waals surface area (Å²) in [5, 5.41) is 0.570. The van der Waals surface area contributed by atoms with Gasteiger partial charge in [-0.05, 0) is 31.0 Å². The molecule has 0 spiro atoms. The first-order valence-electron chi connectivity index (χ1n) is 5.98. The lowest BCUT2D eigenvalue weighted by Crippen LogP contribution is -2.38. The van der Waals surface area contributed by atoms with Crippen LogP contribution < -0.4 is 10.6 Å². The Hall–Kier alpha value is -1.33. The van der Waals surface area contributed by atoms with E-state index in [2.05, 4.69) is 0 Å². The van der Waals surface area contributed by atoms with E-state index in [4.69, 9.17) is 34.3 Å². The van der Waals surface area contributed by atoms with E-state index in [-0.39, 0.29) is 17.0 Å². The molecule has 2 rings (SSSR count). The Labute approximate surface area is 122 Å². The first-order chi connectivity index (χ1) is 9.04.